The van der Waals surface area contributed by atoms with Gasteiger partial charge in [0.05, 0.1) is 18.7 Å². The lowest BCUT2D eigenvalue weighted by molar-refractivity contribution is -0.132. The summed E-state index contributed by atoms with van der Waals surface area (Å²) in [6.07, 6.45) is 0. The molecule has 1 aliphatic rings. The first-order valence-electron chi connectivity index (χ1n) is 10.6. The second-order valence-corrected chi connectivity index (χ2v) is 9.07. The quantitative estimate of drug-likeness (QED) is 0.348. The minimum absolute atomic E-state index is 0.0163. The number of aromatic nitrogens is 1. The largest absolute Gasteiger partial charge is 0.507 e. The lowest BCUT2D eigenvalue weighted by atomic mass is 9.85. The predicted molar refractivity (Wildman–Crippen MR) is 124 cm³/mol. The average molecular weight is 447 g/mol. The van der Waals surface area contributed by atoms with Gasteiger partial charge in [-0.25, -0.2) is 0 Å². The lowest BCUT2D eigenvalue weighted by Gasteiger charge is -2.24. The van der Waals surface area contributed by atoms with Crippen molar-refractivity contribution in [1.29, 1.82) is 0 Å². The van der Waals surface area contributed by atoms with Crippen LogP contribution in [0.4, 0.5) is 5.82 Å². The van der Waals surface area contributed by atoms with E-state index in [9.17, 15) is 14.7 Å². The number of ketones is 1. The van der Waals surface area contributed by atoms with Crippen LogP contribution < -0.4 is 9.64 Å². The number of aliphatic hydroxyl groups is 1. The molecular weight excluding hydrogens is 420 g/mol. The van der Waals surface area contributed by atoms with E-state index < -0.39 is 17.7 Å². The van der Waals surface area contributed by atoms with E-state index in [0.29, 0.717) is 22.6 Å². The molecule has 1 fully saturated rings. The van der Waals surface area contributed by atoms with Crippen molar-refractivity contribution in [3.8, 4) is 5.75 Å². The van der Waals surface area contributed by atoms with E-state index in [1.165, 1.54) is 12.0 Å². The fourth-order valence-electron chi connectivity index (χ4n) is 3.94. The minimum atomic E-state index is -0.866. The Kier molecular flexibility index (Phi) is 5.57. The second kappa shape index (κ2) is 8.24. The van der Waals surface area contributed by atoms with Gasteiger partial charge in [-0.1, -0.05) is 62.3 Å². The Bertz CT molecular complexity index is 1250. The monoisotopic (exact) mass is 446 g/mol. The third-order valence-corrected chi connectivity index (χ3v) is 5.74. The van der Waals surface area contributed by atoms with Crippen molar-refractivity contribution < 1.29 is 24.0 Å². The van der Waals surface area contributed by atoms with Crippen LogP contribution in [0, 0.1) is 6.92 Å². The highest BCUT2D eigenvalue weighted by molar-refractivity contribution is 6.51. The molecule has 1 saturated heterocycles. The van der Waals surface area contributed by atoms with Crippen LogP contribution in [0.5, 0.6) is 5.75 Å². The van der Waals surface area contributed by atoms with E-state index in [0.717, 1.165) is 5.56 Å². The summed E-state index contributed by atoms with van der Waals surface area (Å²) in [7, 11) is 1.52. The molecule has 0 radical (unpaired) electrons. The van der Waals surface area contributed by atoms with Crippen LogP contribution in [0.1, 0.15) is 49.3 Å². The normalized spacial score (nSPS) is 18.1. The molecule has 1 amide bonds. The van der Waals surface area contributed by atoms with Gasteiger partial charge in [-0.3, -0.25) is 14.5 Å². The predicted octanol–water partition coefficient (Wildman–Crippen LogP) is 4.92. The summed E-state index contributed by atoms with van der Waals surface area (Å²) in [6.45, 7) is 8.02. The van der Waals surface area contributed by atoms with Gasteiger partial charge in [-0.15, -0.1) is 0 Å². The number of benzene rings is 2. The fraction of sp³-hybridized carbons (Fsp3) is 0.269. The van der Waals surface area contributed by atoms with Crippen molar-refractivity contribution in [2.45, 2.75) is 39.2 Å². The van der Waals surface area contributed by atoms with E-state index in [1.807, 2.05) is 24.3 Å². The molecule has 4 rings (SSSR count). The Hall–Kier alpha value is -3.87. The standard InChI is InChI=1S/C26H26N2O5/c1-15-13-20(27-33-15)28-22(16-9-11-18(12-10-16)26(2,3)4)21(24(30)25(28)31)23(29)17-7-6-8-19(14-17)32-5/h6-14,22,29H,1-5H3/b23-21+/t22-/m1/s1. The summed E-state index contributed by atoms with van der Waals surface area (Å²) in [5.74, 6) is -0.615. The molecule has 2 heterocycles. The van der Waals surface area contributed by atoms with Crippen LogP contribution in [0.25, 0.3) is 5.76 Å². The number of aliphatic hydroxyl groups excluding tert-OH is 1. The van der Waals surface area contributed by atoms with Crippen molar-refractivity contribution in [2.75, 3.05) is 12.0 Å². The molecule has 0 unspecified atom stereocenters. The number of anilines is 1. The smallest absolute Gasteiger partial charge is 0.301 e. The minimum Gasteiger partial charge on any atom is -0.507 e. The van der Waals surface area contributed by atoms with Crippen molar-refractivity contribution in [2.24, 2.45) is 0 Å². The maximum atomic E-state index is 13.2. The number of ether oxygens (including phenoxy) is 1. The zero-order valence-electron chi connectivity index (χ0n) is 19.2. The summed E-state index contributed by atoms with van der Waals surface area (Å²) in [5.41, 5.74) is 2.07. The van der Waals surface area contributed by atoms with Crippen molar-refractivity contribution in [3.05, 3.63) is 82.6 Å². The molecule has 7 nitrogen and oxygen atoms in total. The van der Waals surface area contributed by atoms with Crippen LogP contribution in [0.15, 0.2) is 64.7 Å². The maximum absolute atomic E-state index is 13.2. The van der Waals surface area contributed by atoms with E-state index in [2.05, 4.69) is 25.9 Å². The van der Waals surface area contributed by atoms with Crippen molar-refractivity contribution in [3.63, 3.8) is 0 Å². The zero-order chi connectivity index (χ0) is 23.9. The number of aryl methyl sites for hydroxylation is 1. The third kappa shape index (κ3) is 4.02. The number of rotatable bonds is 4. The number of carbonyl (C=O) groups is 2. The molecule has 2 aromatic carbocycles. The van der Waals surface area contributed by atoms with Crippen LogP contribution >= 0.6 is 0 Å². The molecule has 0 aliphatic carbocycles. The first kappa shape index (κ1) is 22.3. The Morgan fingerprint density at radius 2 is 1.79 bits per heavy atom. The van der Waals surface area contributed by atoms with Gasteiger partial charge in [0, 0.05) is 11.6 Å². The van der Waals surface area contributed by atoms with Gasteiger partial charge in [0.1, 0.15) is 17.3 Å². The van der Waals surface area contributed by atoms with Gasteiger partial charge in [0.2, 0.25) is 0 Å². The Balaban J connectivity index is 1.92. The Morgan fingerprint density at radius 1 is 1.09 bits per heavy atom. The average Bonchev–Trinajstić information content (AvgIpc) is 3.33. The van der Waals surface area contributed by atoms with Gasteiger partial charge in [-0.05, 0) is 35.6 Å². The maximum Gasteiger partial charge on any atom is 0.301 e. The van der Waals surface area contributed by atoms with Gasteiger partial charge in [-0.2, -0.15) is 0 Å². The van der Waals surface area contributed by atoms with Gasteiger partial charge in [0.15, 0.2) is 5.82 Å². The van der Waals surface area contributed by atoms with Crippen LogP contribution in [-0.2, 0) is 15.0 Å². The van der Waals surface area contributed by atoms with Crippen LogP contribution in [-0.4, -0.2) is 29.1 Å². The number of Topliss-reactive ketones (excluding diaryl/α,β-unsaturated/α-hetero) is 1. The lowest BCUT2D eigenvalue weighted by Crippen LogP contribution is -2.29. The molecule has 0 spiro atoms. The first-order valence-corrected chi connectivity index (χ1v) is 10.6. The number of carbonyl (C=O) groups excluding carboxylic acids is 2. The third-order valence-electron chi connectivity index (χ3n) is 5.74. The fourth-order valence-corrected chi connectivity index (χ4v) is 3.94. The summed E-state index contributed by atoms with van der Waals surface area (Å²) in [4.78, 5) is 27.6. The van der Waals surface area contributed by atoms with Gasteiger partial charge < -0.3 is 14.4 Å². The SMILES string of the molecule is COc1cccc(/C(O)=C2\C(=O)C(=O)N(c3cc(C)on3)[C@@H]2c2ccc(C(C)(C)C)cc2)c1. The first-order chi connectivity index (χ1) is 15.6. The van der Waals surface area contributed by atoms with Crippen molar-refractivity contribution >= 4 is 23.3 Å². The molecule has 1 N–H and O–H groups in total. The molecular formula is C26H26N2O5. The molecule has 3 aromatic rings. The van der Waals surface area contributed by atoms with E-state index in [1.54, 1.807) is 37.3 Å². The highest BCUT2D eigenvalue weighted by Crippen LogP contribution is 2.42. The van der Waals surface area contributed by atoms with E-state index in [-0.39, 0.29) is 22.6 Å². The van der Waals surface area contributed by atoms with E-state index in [4.69, 9.17) is 9.26 Å². The molecule has 1 aliphatic heterocycles. The summed E-state index contributed by atoms with van der Waals surface area (Å²) >= 11 is 0. The number of hydrogen-bond acceptors (Lipinski definition) is 6. The summed E-state index contributed by atoms with van der Waals surface area (Å²) < 4.78 is 10.4. The van der Waals surface area contributed by atoms with Gasteiger partial charge >= 0.3 is 5.91 Å². The number of nitrogens with zero attached hydrogens (tertiary/aromatic N) is 2. The molecule has 33 heavy (non-hydrogen) atoms. The van der Waals surface area contributed by atoms with Gasteiger partial charge in [0.25, 0.3) is 5.78 Å². The molecule has 170 valence electrons. The number of methoxy groups -OCH3 is 1. The summed E-state index contributed by atoms with van der Waals surface area (Å²) in [5, 5.41) is 15.2. The van der Waals surface area contributed by atoms with Crippen LogP contribution in [0.3, 0.4) is 0 Å². The topological polar surface area (TPSA) is 92.9 Å². The molecule has 0 saturated carbocycles. The molecule has 0 bridgehead atoms. The number of amides is 1. The van der Waals surface area contributed by atoms with E-state index >= 15 is 0 Å². The highest BCUT2D eigenvalue weighted by Gasteiger charge is 2.48. The number of hydrogen-bond donors (Lipinski definition) is 1. The van der Waals surface area contributed by atoms with Crippen LogP contribution in [0.2, 0.25) is 0 Å². The highest BCUT2D eigenvalue weighted by atomic mass is 16.5. The Labute approximate surface area is 192 Å². The molecule has 1 aromatic heterocycles. The second-order valence-electron chi connectivity index (χ2n) is 9.07. The Morgan fingerprint density at radius 3 is 2.36 bits per heavy atom. The summed E-state index contributed by atoms with van der Waals surface area (Å²) in [6, 6.07) is 15.1. The molecule has 7 heteroatoms. The van der Waals surface area contributed by atoms with Crippen molar-refractivity contribution in [1.82, 2.24) is 5.16 Å². The molecule has 1 atom stereocenters. The zero-order valence-corrected chi connectivity index (χ0v) is 19.2.